The highest BCUT2D eigenvalue weighted by Crippen LogP contribution is 2.32. The lowest BCUT2D eigenvalue weighted by Gasteiger charge is -2.17. The first kappa shape index (κ1) is 17.1. The van der Waals surface area contributed by atoms with Gasteiger partial charge in [-0.3, -0.25) is 4.79 Å². The van der Waals surface area contributed by atoms with Crippen LogP contribution in [-0.4, -0.2) is 16.1 Å². The van der Waals surface area contributed by atoms with Crippen LogP contribution in [0.3, 0.4) is 0 Å². The average Bonchev–Trinajstić information content (AvgIpc) is 2.50. The van der Waals surface area contributed by atoms with Crippen molar-refractivity contribution in [3.8, 4) is 0 Å². The molecule has 1 amide bonds. The lowest BCUT2D eigenvalue weighted by Crippen LogP contribution is -2.23. The molecule has 0 bridgehead atoms. The second kappa shape index (κ2) is 7.86. The van der Waals surface area contributed by atoms with Gasteiger partial charge < -0.3 is 5.32 Å². The van der Waals surface area contributed by atoms with Gasteiger partial charge in [-0.05, 0) is 43.7 Å². The standard InChI is InChI=1S/C16H16Cl2N2OS/c1-10(12-3-5-13(17)6-4-12)22-11(2)16(21)20-15-8-7-14(18)9-19-15/h3-11H,1-2H3,(H,19,20,21). The number of aromatic nitrogens is 1. The zero-order valence-corrected chi connectivity index (χ0v) is 14.5. The molecule has 0 saturated heterocycles. The highest BCUT2D eigenvalue weighted by molar-refractivity contribution is 8.00. The SMILES string of the molecule is CC(SC(C)c1ccc(Cl)cc1)C(=O)Nc1ccc(Cl)cn1. The summed E-state index contributed by atoms with van der Waals surface area (Å²) in [6.45, 7) is 3.95. The van der Waals surface area contributed by atoms with E-state index in [0.29, 0.717) is 15.9 Å². The summed E-state index contributed by atoms with van der Waals surface area (Å²) in [5, 5.41) is 4.02. The van der Waals surface area contributed by atoms with Crippen molar-refractivity contribution in [1.29, 1.82) is 0 Å². The number of anilines is 1. The minimum atomic E-state index is -0.205. The molecule has 1 aromatic heterocycles. The summed E-state index contributed by atoms with van der Waals surface area (Å²) in [4.78, 5) is 16.3. The van der Waals surface area contributed by atoms with Crippen LogP contribution >= 0.6 is 35.0 Å². The normalized spacial score (nSPS) is 13.5. The minimum absolute atomic E-state index is 0.0827. The van der Waals surface area contributed by atoms with Crippen molar-refractivity contribution in [2.24, 2.45) is 0 Å². The van der Waals surface area contributed by atoms with Crippen LogP contribution in [0.25, 0.3) is 0 Å². The summed E-state index contributed by atoms with van der Waals surface area (Å²) in [6.07, 6.45) is 1.51. The third-order valence-electron chi connectivity index (χ3n) is 3.10. The number of halogens is 2. The van der Waals surface area contributed by atoms with Gasteiger partial charge in [0.1, 0.15) is 5.82 Å². The largest absolute Gasteiger partial charge is 0.310 e. The minimum Gasteiger partial charge on any atom is -0.310 e. The summed E-state index contributed by atoms with van der Waals surface area (Å²) >= 11 is 13.2. The Bertz CT molecular complexity index is 632. The molecule has 2 rings (SSSR count). The van der Waals surface area contributed by atoms with Crippen LogP contribution in [0, 0.1) is 0 Å². The van der Waals surface area contributed by atoms with Gasteiger partial charge in [-0.25, -0.2) is 4.98 Å². The van der Waals surface area contributed by atoms with Crippen molar-refractivity contribution in [3.63, 3.8) is 0 Å². The Hall–Kier alpha value is -1.23. The third-order valence-corrected chi connectivity index (χ3v) is 4.87. The topological polar surface area (TPSA) is 42.0 Å². The Morgan fingerprint density at radius 3 is 2.32 bits per heavy atom. The van der Waals surface area contributed by atoms with Crippen molar-refractivity contribution in [2.75, 3.05) is 5.32 Å². The Kier molecular flexibility index (Phi) is 6.12. The van der Waals surface area contributed by atoms with Gasteiger partial charge in [0.25, 0.3) is 0 Å². The van der Waals surface area contributed by atoms with E-state index in [9.17, 15) is 4.79 Å². The number of rotatable bonds is 5. The maximum atomic E-state index is 12.2. The Balaban J connectivity index is 1.93. The molecule has 0 radical (unpaired) electrons. The Morgan fingerprint density at radius 2 is 1.73 bits per heavy atom. The Morgan fingerprint density at radius 1 is 1.09 bits per heavy atom. The summed E-state index contributed by atoms with van der Waals surface area (Å²) in [6, 6.07) is 11.0. The summed E-state index contributed by atoms with van der Waals surface area (Å²) in [7, 11) is 0. The fraction of sp³-hybridized carbons (Fsp3) is 0.250. The van der Waals surface area contributed by atoms with Gasteiger partial charge in [0.05, 0.1) is 10.3 Å². The number of carbonyl (C=O) groups is 1. The molecule has 2 atom stereocenters. The van der Waals surface area contributed by atoms with E-state index in [1.807, 2.05) is 31.2 Å². The van der Waals surface area contributed by atoms with Gasteiger partial charge in [-0.1, -0.05) is 35.3 Å². The van der Waals surface area contributed by atoms with Crippen LogP contribution in [0.1, 0.15) is 24.7 Å². The molecule has 2 unspecified atom stereocenters. The molecule has 2 aromatic rings. The van der Waals surface area contributed by atoms with Gasteiger partial charge in [0, 0.05) is 16.5 Å². The predicted molar refractivity (Wildman–Crippen MR) is 94.8 cm³/mol. The van der Waals surface area contributed by atoms with Gasteiger partial charge in [0.15, 0.2) is 0 Å². The van der Waals surface area contributed by atoms with Crippen molar-refractivity contribution in [3.05, 3.63) is 58.2 Å². The second-order valence-corrected chi connectivity index (χ2v) is 7.38. The molecule has 1 N–H and O–H groups in total. The maximum absolute atomic E-state index is 12.2. The molecule has 0 saturated carbocycles. The molecule has 1 aromatic carbocycles. The summed E-state index contributed by atoms with van der Waals surface area (Å²) in [5.74, 6) is 0.418. The van der Waals surface area contributed by atoms with Crippen molar-refractivity contribution in [1.82, 2.24) is 4.98 Å². The quantitative estimate of drug-likeness (QED) is 0.801. The first-order chi connectivity index (χ1) is 10.5. The fourth-order valence-corrected chi connectivity index (χ4v) is 3.20. The number of nitrogens with one attached hydrogen (secondary N) is 1. The van der Waals surface area contributed by atoms with E-state index in [0.717, 1.165) is 5.56 Å². The lowest BCUT2D eigenvalue weighted by molar-refractivity contribution is -0.115. The van der Waals surface area contributed by atoms with E-state index in [1.165, 1.54) is 6.20 Å². The van der Waals surface area contributed by atoms with E-state index in [1.54, 1.807) is 23.9 Å². The molecule has 0 aliphatic carbocycles. The van der Waals surface area contributed by atoms with Crippen LogP contribution in [0.2, 0.25) is 10.0 Å². The van der Waals surface area contributed by atoms with Crippen molar-refractivity contribution >= 4 is 46.7 Å². The molecule has 0 aliphatic rings. The van der Waals surface area contributed by atoms with E-state index in [4.69, 9.17) is 23.2 Å². The molecule has 0 fully saturated rings. The second-order valence-electron chi connectivity index (χ2n) is 4.82. The number of thioether (sulfide) groups is 1. The highest BCUT2D eigenvalue weighted by atomic mass is 35.5. The number of carbonyl (C=O) groups excluding carboxylic acids is 1. The molecular weight excluding hydrogens is 339 g/mol. The molecule has 0 spiro atoms. The van der Waals surface area contributed by atoms with Crippen LogP contribution in [0.4, 0.5) is 5.82 Å². The van der Waals surface area contributed by atoms with Gasteiger partial charge in [-0.15, -0.1) is 11.8 Å². The smallest absolute Gasteiger partial charge is 0.238 e. The van der Waals surface area contributed by atoms with Crippen molar-refractivity contribution in [2.45, 2.75) is 24.3 Å². The van der Waals surface area contributed by atoms with Gasteiger partial charge in [0.2, 0.25) is 5.91 Å². The Labute approximate surface area is 144 Å². The summed E-state index contributed by atoms with van der Waals surface area (Å²) < 4.78 is 0. The number of hydrogen-bond donors (Lipinski definition) is 1. The van der Waals surface area contributed by atoms with Gasteiger partial charge >= 0.3 is 0 Å². The predicted octanol–water partition coefficient (Wildman–Crippen LogP) is 5.21. The van der Waals surface area contributed by atoms with Crippen LogP contribution in [-0.2, 0) is 4.79 Å². The first-order valence-corrected chi connectivity index (χ1v) is 8.49. The number of amides is 1. The zero-order chi connectivity index (χ0) is 16.1. The number of pyridine rings is 1. The molecule has 3 nitrogen and oxygen atoms in total. The number of benzene rings is 1. The van der Waals surface area contributed by atoms with Gasteiger partial charge in [-0.2, -0.15) is 0 Å². The number of hydrogen-bond acceptors (Lipinski definition) is 3. The van der Waals surface area contributed by atoms with Crippen LogP contribution in [0.5, 0.6) is 0 Å². The fourth-order valence-electron chi connectivity index (χ4n) is 1.86. The highest BCUT2D eigenvalue weighted by Gasteiger charge is 2.18. The van der Waals surface area contributed by atoms with Crippen LogP contribution < -0.4 is 5.32 Å². The van der Waals surface area contributed by atoms with Crippen molar-refractivity contribution < 1.29 is 4.79 Å². The molecule has 6 heteroatoms. The molecular formula is C16H16Cl2N2OS. The van der Waals surface area contributed by atoms with E-state index in [2.05, 4.69) is 17.2 Å². The van der Waals surface area contributed by atoms with Crippen LogP contribution in [0.15, 0.2) is 42.6 Å². The van der Waals surface area contributed by atoms with E-state index in [-0.39, 0.29) is 16.4 Å². The average molecular weight is 355 g/mol. The molecule has 1 heterocycles. The monoisotopic (exact) mass is 354 g/mol. The van der Waals surface area contributed by atoms with E-state index >= 15 is 0 Å². The molecule has 116 valence electrons. The maximum Gasteiger partial charge on any atom is 0.238 e. The zero-order valence-electron chi connectivity index (χ0n) is 12.2. The summed E-state index contributed by atoms with van der Waals surface area (Å²) in [5.41, 5.74) is 1.14. The van der Waals surface area contributed by atoms with E-state index < -0.39 is 0 Å². The molecule has 0 aliphatic heterocycles. The number of nitrogens with zero attached hydrogens (tertiary/aromatic N) is 1. The lowest BCUT2D eigenvalue weighted by atomic mass is 10.2. The molecule has 22 heavy (non-hydrogen) atoms. The first-order valence-electron chi connectivity index (χ1n) is 6.79. The third kappa shape index (κ3) is 4.90.